The molecular weight excluding hydrogens is 168 g/mol. The molecular formula is C8H12N4O. The first kappa shape index (κ1) is 8.22. The number of H-pyrrole nitrogens is 1. The third-order valence-electron chi connectivity index (χ3n) is 2.05. The van der Waals surface area contributed by atoms with Gasteiger partial charge in [0.1, 0.15) is 5.82 Å². The molecule has 0 aromatic carbocycles. The average molecular weight is 180 g/mol. The van der Waals surface area contributed by atoms with Crippen molar-refractivity contribution in [1.82, 2.24) is 15.2 Å². The van der Waals surface area contributed by atoms with Gasteiger partial charge in [-0.15, -0.1) is 5.10 Å². The van der Waals surface area contributed by atoms with Gasteiger partial charge in [-0.25, -0.2) is 0 Å². The van der Waals surface area contributed by atoms with E-state index in [9.17, 15) is 4.79 Å². The van der Waals surface area contributed by atoms with Gasteiger partial charge < -0.3 is 0 Å². The highest BCUT2D eigenvalue weighted by Crippen LogP contribution is 2.29. The van der Waals surface area contributed by atoms with Gasteiger partial charge in [0.25, 0.3) is 0 Å². The molecule has 0 unspecified atom stereocenters. The molecule has 1 fully saturated rings. The van der Waals surface area contributed by atoms with Crippen LogP contribution in [0.1, 0.15) is 25.6 Å². The van der Waals surface area contributed by atoms with E-state index in [0.29, 0.717) is 5.95 Å². The van der Waals surface area contributed by atoms with Gasteiger partial charge in [0, 0.05) is 12.3 Å². The zero-order valence-electron chi connectivity index (χ0n) is 7.50. The molecule has 13 heavy (non-hydrogen) atoms. The third-order valence-corrected chi connectivity index (χ3v) is 2.05. The smallest absolute Gasteiger partial charge is 0.248 e. The van der Waals surface area contributed by atoms with Gasteiger partial charge in [0.05, 0.1) is 0 Å². The Bertz CT molecular complexity index is 316. The van der Waals surface area contributed by atoms with Crippen molar-refractivity contribution in [3.63, 3.8) is 0 Å². The normalized spacial score (nSPS) is 15.8. The maximum absolute atomic E-state index is 11.3. The summed E-state index contributed by atoms with van der Waals surface area (Å²) in [4.78, 5) is 15.3. The molecule has 1 heterocycles. The van der Waals surface area contributed by atoms with Gasteiger partial charge in [0.2, 0.25) is 11.9 Å². The van der Waals surface area contributed by atoms with Gasteiger partial charge >= 0.3 is 0 Å². The van der Waals surface area contributed by atoms with Crippen LogP contribution in [-0.4, -0.2) is 21.1 Å². The van der Waals surface area contributed by atoms with Crippen molar-refractivity contribution < 1.29 is 4.79 Å². The Morgan fingerprint density at radius 1 is 1.69 bits per heavy atom. The van der Waals surface area contributed by atoms with E-state index in [2.05, 4.69) is 20.5 Å². The number of aromatic amines is 1. The molecule has 1 saturated carbocycles. The summed E-state index contributed by atoms with van der Waals surface area (Å²) in [5.41, 5.74) is 0. The van der Waals surface area contributed by atoms with Crippen LogP contribution in [0.25, 0.3) is 0 Å². The maximum Gasteiger partial charge on any atom is 0.248 e. The van der Waals surface area contributed by atoms with Gasteiger partial charge in [-0.05, 0) is 12.8 Å². The molecule has 0 atom stereocenters. The van der Waals surface area contributed by atoms with E-state index in [4.69, 9.17) is 0 Å². The van der Waals surface area contributed by atoms with E-state index >= 15 is 0 Å². The Hall–Kier alpha value is -1.39. The summed E-state index contributed by atoms with van der Waals surface area (Å²) in [5.74, 6) is 1.44. The monoisotopic (exact) mass is 180 g/mol. The van der Waals surface area contributed by atoms with E-state index in [0.717, 1.165) is 25.1 Å². The van der Waals surface area contributed by atoms with Crippen molar-refractivity contribution in [1.29, 1.82) is 0 Å². The van der Waals surface area contributed by atoms with Crippen LogP contribution in [0.4, 0.5) is 5.95 Å². The summed E-state index contributed by atoms with van der Waals surface area (Å²) in [6.45, 7) is 1.98. The van der Waals surface area contributed by atoms with Gasteiger partial charge in [-0.2, -0.15) is 4.98 Å². The number of carbonyl (C=O) groups excluding carboxylic acids is 1. The number of nitrogens with zero attached hydrogens (tertiary/aromatic N) is 2. The van der Waals surface area contributed by atoms with Crippen molar-refractivity contribution >= 4 is 11.9 Å². The molecule has 0 radical (unpaired) electrons. The summed E-state index contributed by atoms with van der Waals surface area (Å²) < 4.78 is 0. The predicted octanol–water partition coefficient (Wildman–Crippen LogP) is 0.716. The lowest BCUT2D eigenvalue weighted by Crippen LogP contribution is -2.14. The topological polar surface area (TPSA) is 70.7 Å². The molecule has 1 aliphatic carbocycles. The van der Waals surface area contributed by atoms with Crippen molar-refractivity contribution in [2.24, 2.45) is 5.92 Å². The Morgan fingerprint density at radius 3 is 3.00 bits per heavy atom. The number of carbonyl (C=O) groups is 1. The number of hydrogen-bond acceptors (Lipinski definition) is 3. The minimum Gasteiger partial charge on any atom is -0.293 e. The van der Waals surface area contributed by atoms with Crippen molar-refractivity contribution in [2.45, 2.75) is 26.2 Å². The highest BCUT2D eigenvalue weighted by atomic mass is 16.2. The van der Waals surface area contributed by atoms with Crippen LogP contribution in [0, 0.1) is 5.92 Å². The molecule has 2 rings (SSSR count). The van der Waals surface area contributed by atoms with Crippen LogP contribution in [0.3, 0.4) is 0 Å². The molecule has 2 N–H and O–H groups in total. The molecule has 0 bridgehead atoms. The summed E-state index contributed by atoms with van der Waals surface area (Å²) in [7, 11) is 0. The maximum atomic E-state index is 11.3. The zero-order valence-corrected chi connectivity index (χ0v) is 7.50. The van der Waals surface area contributed by atoms with E-state index in [1.807, 2.05) is 6.92 Å². The van der Waals surface area contributed by atoms with E-state index < -0.39 is 0 Å². The van der Waals surface area contributed by atoms with E-state index in [-0.39, 0.29) is 11.8 Å². The number of nitrogens with one attached hydrogen (secondary N) is 2. The standard InChI is InChI=1S/C8H12N4O/c1-2-6-9-8(12-11-6)10-7(13)5-3-4-5/h5H,2-4H2,1H3,(H2,9,10,11,12,13). The van der Waals surface area contributed by atoms with Gasteiger partial charge in [0.15, 0.2) is 0 Å². The molecule has 1 aliphatic rings. The van der Waals surface area contributed by atoms with Gasteiger partial charge in [-0.3, -0.25) is 15.2 Å². The highest BCUT2D eigenvalue weighted by Gasteiger charge is 2.30. The number of aromatic nitrogens is 3. The predicted molar refractivity (Wildman–Crippen MR) is 47.1 cm³/mol. The van der Waals surface area contributed by atoms with E-state index in [1.165, 1.54) is 0 Å². The van der Waals surface area contributed by atoms with Crippen molar-refractivity contribution in [3.8, 4) is 0 Å². The summed E-state index contributed by atoms with van der Waals surface area (Å²) in [6, 6.07) is 0. The second-order valence-corrected chi connectivity index (χ2v) is 3.22. The van der Waals surface area contributed by atoms with Crippen molar-refractivity contribution in [3.05, 3.63) is 5.82 Å². The lowest BCUT2D eigenvalue weighted by atomic mass is 10.4. The Kier molecular flexibility index (Phi) is 2.00. The molecule has 1 aromatic rings. The first-order chi connectivity index (χ1) is 6.29. The fourth-order valence-corrected chi connectivity index (χ4v) is 1.07. The molecule has 70 valence electrons. The third kappa shape index (κ3) is 1.85. The zero-order chi connectivity index (χ0) is 9.26. The molecule has 1 amide bonds. The van der Waals surface area contributed by atoms with Crippen LogP contribution in [0.2, 0.25) is 0 Å². The minimum absolute atomic E-state index is 0.0432. The van der Waals surface area contributed by atoms with Crippen LogP contribution >= 0.6 is 0 Å². The first-order valence-corrected chi connectivity index (χ1v) is 4.51. The van der Waals surface area contributed by atoms with E-state index in [1.54, 1.807) is 0 Å². The Morgan fingerprint density at radius 2 is 2.46 bits per heavy atom. The van der Waals surface area contributed by atoms with Crippen LogP contribution < -0.4 is 5.32 Å². The minimum atomic E-state index is 0.0432. The number of amides is 1. The Labute approximate surface area is 75.9 Å². The highest BCUT2D eigenvalue weighted by molar-refractivity contribution is 5.92. The molecule has 0 saturated heterocycles. The Balaban J connectivity index is 1.96. The van der Waals surface area contributed by atoms with Crippen LogP contribution in [0.15, 0.2) is 0 Å². The summed E-state index contributed by atoms with van der Waals surface area (Å²) in [5, 5.41) is 9.28. The fourth-order valence-electron chi connectivity index (χ4n) is 1.07. The molecule has 5 heteroatoms. The fraction of sp³-hybridized carbons (Fsp3) is 0.625. The number of rotatable bonds is 3. The second kappa shape index (κ2) is 3.16. The molecule has 1 aromatic heterocycles. The molecule has 0 spiro atoms. The number of anilines is 1. The average Bonchev–Trinajstić information content (AvgIpc) is 2.88. The van der Waals surface area contributed by atoms with Crippen molar-refractivity contribution in [2.75, 3.05) is 5.32 Å². The first-order valence-electron chi connectivity index (χ1n) is 4.51. The second-order valence-electron chi connectivity index (χ2n) is 3.22. The summed E-state index contributed by atoms with van der Waals surface area (Å²) >= 11 is 0. The molecule has 5 nitrogen and oxygen atoms in total. The summed E-state index contributed by atoms with van der Waals surface area (Å²) in [6.07, 6.45) is 2.79. The van der Waals surface area contributed by atoms with Gasteiger partial charge in [-0.1, -0.05) is 6.92 Å². The SMILES string of the molecule is CCc1nc(NC(=O)C2CC2)n[nH]1. The number of hydrogen-bond donors (Lipinski definition) is 2. The van der Waals surface area contributed by atoms with Crippen LogP contribution in [0.5, 0.6) is 0 Å². The number of aryl methyl sites for hydroxylation is 1. The molecule has 0 aliphatic heterocycles. The lowest BCUT2D eigenvalue weighted by Gasteiger charge is -1.95. The quantitative estimate of drug-likeness (QED) is 0.719. The van der Waals surface area contributed by atoms with Crippen LogP contribution in [-0.2, 0) is 11.2 Å². The lowest BCUT2D eigenvalue weighted by molar-refractivity contribution is -0.117. The largest absolute Gasteiger partial charge is 0.293 e.